The molecule has 1 aromatic heterocycles. The first-order chi connectivity index (χ1) is 13.3. The van der Waals surface area contributed by atoms with Gasteiger partial charge in [-0.25, -0.2) is 0 Å². The molecule has 7 nitrogen and oxygen atoms in total. The minimum absolute atomic E-state index is 0.0784. The zero-order valence-electron chi connectivity index (χ0n) is 16.5. The Morgan fingerprint density at radius 1 is 1.07 bits per heavy atom. The summed E-state index contributed by atoms with van der Waals surface area (Å²) in [6.07, 6.45) is 4.48. The summed E-state index contributed by atoms with van der Waals surface area (Å²) in [5, 5.41) is 2.51. The Morgan fingerprint density at radius 2 is 1.75 bits per heavy atom. The lowest BCUT2D eigenvalue weighted by Gasteiger charge is -2.07. The Morgan fingerprint density at radius 3 is 2.32 bits per heavy atom. The van der Waals surface area contributed by atoms with E-state index >= 15 is 0 Å². The van der Waals surface area contributed by atoms with Crippen molar-refractivity contribution in [1.82, 2.24) is 0 Å². The van der Waals surface area contributed by atoms with Crippen molar-refractivity contribution in [2.24, 2.45) is 5.73 Å². The van der Waals surface area contributed by atoms with Gasteiger partial charge in [0, 0.05) is 5.56 Å². The van der Waals surface area contributed by atoms with Gasteiger partial charge in [0.2, 0.25) is 5.88 Å². The third kappa shape index (κ3) is 5.22. The molecule has 1 heterocycles. The topological polar surface area (TPSA) is 112 Å². The number of ether oxygens (including phenoxy) is 1. The minimum atomic E-state index is -0.843. The number of primary amides is 1. The summed E-state index contributed by atoms with van der Waals surface area (Å²) in [7, 11) is 0. The van der Waals surface area contributed by atoms with Crippen molar-refractivity contribution < 1.29 is 23.5 Å². The monoisotopic (exact) mass is 386 g/mol. The zero-order chi connectivity index (χ0) is 20.7. The SMILES string of the molecule is CCCCCCOc1ccc(C(=O)Nc2oc(C)c(C(C)=O)c2C(N)=O)cc1. The Hall–Kier alpha value is -3.09. The largest absolute Gasteiger partial charge is 0.494 e. The van der Waals surface area contributed by atoms with Crippen LogP contribution in [0.1, 0.15) is 76.4 Å². The van der Waals surface area contributed by atoms with Crippen LogP contribution in [0.2, 0.25) is 0 Å². The maximum atomic E-state index is 12.5. The number of rotatable bonds is 10. The number of aryl methyl sites for hydroxylation is 1. The van der Waals surface area contributed by atoms with Gasteiger partial charge in [-0.15, -0.1) is 0 Å². The molecule has 0 aliphatic heterocycles. The molecule has 0 fully saturated rings. The van der Waals surface area contributed by atoms with E-state index in [1.165, 1.54) is 26.7 Å². The van der Waals surface area contributed by atoms with Gasteiger partial charge in [0.15, 0.2) is 5.78 Å². The Bertz CT molecular complexity index is 852. The van der Waals surface area contributed by atoms with Gasteiger partial charge in [-0.2, -0.15) is 0 Å². The van der Waals surface area contributed by atoms with Gasteiger partial charge in [-0.05, 0) is 44.5 Å². The Labute approximate surface area is 164 Å². The van der Waals surface area contributed by atoms with E-state index in [2.05, 4.69) is 12.2 Å². The fourth-order valence-electron chi connectivity index (χ4n) is 2.89. The molecule has 7 heteroatoms. The average molecular weight is 386 g/mol. The number of unbranched alkanes of at least 4 members (excludes halogenated alkanes) is 3. The normalized spacial score (nSPS) is 10.5. The molecule has 2 aromatic rings. The van der Waals surface area contributed by atoms with Crippen LogP contribution in [-0.2, 0) is 0 Å². The molecule has 0 radical (unpaired) electrons. The summed E-state index contributed by atoms with van der Waals surface area (Å²) in [4.78, 5) is 36.0. The first kappa shape index (κ1) is 21.2. The first-order valence-corrected chi connectivity index (χ1v) is 9.33. The van der Waals surface area contributed by atoms with Crippen LogP contribution < -0.4 is 15.8 Å². The second kappa shape index (κ2) is 9.73. The van der Waals surface area contributed by atoms with E-state index in [4.69, 9.17) is 14.9 Å². The molecule has 0 saturated carbocycles. The summed E-state index contributed by atoms with van der Waals surface area (Å²) in [6.45, 7) is 5.62. The van der Waals surface area contributed by atoms with Crippen molar-refractivity contribution in [3.63, 3.8) is 0 Å². The maximum absolute atomic E-state index is 12.5. The van der Waals surface area contributed by atoms with Gasteiger partial charge in [-0.1, -0.05) is 26.2 Å². The molecule has 28 heavy (non-hydrogen) atoms. The maximum Gasteiger partial charge on any atom is 0.257 e. The fraction of sp³-hybridized carbons (Fsp3) is 0.381. The van der Waals surface area contributed by atoms with E-state index in [1.807, 2.05) is 0 Å². The van der Waals surface area contributed by atoms with E-state index in [-0.39, 0.29) is 28.6 Å². The molecule has 0 atom stereocenters. The number of carbonyl (C=O) groups is 3. The molecule has 0 unspecified atom stereocenters. The van der Waals surface area contributed by atoms with Crippen LogP contribution in [0.4, 0.5) is 5.88 Å². The Balaban J connectivity index is 2.06. The lowest BCUT2D eigenvalue weighted by atomic mass is 10.1. The highest BCUT2D eigenvalue weighted by Crippen LogP contribution is 2.27. The molecular weight excluding hydrogens is 360 g/mol. The van der Waals surface area contributed by atoms with Crippen LogP contribution in [0.15, 0.2) is 28.7 Å². The van der Waals surface area contributed by atoms with Crippen LogP contribution in [-0.4, -0.2) is 24.2 Å². The number of benzene rings is 1. The Kier molecular flexibility index (Phi) is 7.37. The van der Waals surface area contributed by atoms with Gasteiger partial charge in [0.1, 0.15) is 17.1 Å². The average Bonchev–Trinajstić information content (AvgIpc) is 2.98. The van der Waals surface area contributed by atoms with Crippen molar-refractivity contribution in [2.75, 3.05) is 11.9 Å². The zero-order valence-corrected chi connectivity index (χ0v) is 16.5. The van der Waals surface area contributed by atoms with Crippen LogP contribution in [0, 0.1) is 6.92 Å². The van der Waals surface area contributed by atoms with Gasteiger partial charge in [0.25, 0.3) is 11.8 Å². The van der Waals surface area contributed by atoms with Gasteiger partial charge in [0.05, 0.1) is 12.2 Å². The van der Waals surface area contributed by atoms with E-state index < -0.39 is 11.8 Å². The molecule has 150 valence electrons. The number of nitrogens with two attached hydrogens (primary N) is 1. The third-order valence-electron chi connectivity index (χ3n) is 4.29. The lowest BCUT2D eigenvalue weighted by Crippen LogP contribution is -2.19. The molecule has 0 spiro atoms. The standard InChI is InChI=1S/C21H26N2O5/c1-4-5-6-7-12-27-16-10-8-15(9-11-16)20(26)23-21-18(19(22)25)17(13(2)24)14(3)28-21/h8-11H,4-7,12H2,1-3H3,(H2,22,25)(H,23,26). The molecule has 1 aromatic carbocycles. The van der Waals surface area contributed by atoms with Crippen LogP contribution in [0.3, 0.4) is 0 Å². The van der Waals surface area contributed by atoms with E-state index in [1.54, 1.807) is 24.3 Å². The number of hydrogen-bond donors (Lipinski definition) is 2. The second-order valence-corrected chi connectivity index (χ2v) is 6.55. The number of amides is 2. The van der Waals surface area contributed by atoms with E-state index in [9.17, 15) is 14.4 Å². The van der Waals surface area contributed by atoms with Crippen molar-refractivity contribution in [3.05, 3.63) is 46.7 Å². The van der Waals surface area contributed by atoms with Crippen molar-refractivity contribution in [1.29, 1.82) is 0 Å². The predicted octanol–water partition coefficient (Wildman–Crippen LogP) is 4.10. The van der Waals surface area contributed by atoms with Crippen LogP contribution in [0.5, 0.6) is 5.75 Å². The number of furan rings is 1. The number of carbonyl (C=O) groups excluding carboxylic acids is 3. The quantitative estimate of drug-likeness (QED) is 0.472. The summed E-state index contributed by atoms with van der Waals surface area (Å²) >= 11 is 0. The van der Waals surface area contributed by atoms with E-state index in [0.717, 1.165) is 12.8 Å². The van der Waals surface area contributed by atoms with Gasteiger partial charge in [-0.3, -0.25) is 19.7 Å². The number of hydrogen-bond acceptors (Lipinski definition) is 5. The molecule has 0 aliphatic rings. The van der Waals surface area contributed by atoms with Gasteiger partial charge < -0.3 is 14.9 Å². The number of Topliss-reactive ketones (excluding diaryl/α,β-unsaturated/α-hetero) is 1. The highest BCUT2D eigenvalue weighted by Gasteiger charge is 2.26. The summed E-state index contributed by atoms with van der Waals surface area (Å²) in [5.74, 6) is -0.917. The predicted molar refractivity (Wildman–Crippen MR) is 106 cm³/mol. The lowest BCUT2D eigenvalue weighted by molar-refractivity contribution is 0.0974. The van der Waals surface area contributed by atoms with Gasteiger partial charge >= 0.3 is 0 Å². The van der Waals surface area contributed by atoms with Crippen molar-refractivity contribution >= 4 is 23.5 Å². The third-order valence-corrected chi connectivity index (χ3v) is 4.29. The molecule has 0 aliphatic carbocycles. The summed E-state index contributed by atoms with van der Waals surface area (Å²) < 4.78 is 11.0. The molecule has 2 amide bonds. The highest BCUT2D eigenvalue weighted by molar-refractivity contribution is 6.13. The molecule has 3 N–H and O–H groups in total. The van der Waals surface area contributed by atoms with Crippen LogP contribution in [0.25, 0.3) is 0 Å². The minimum Gasteiger partial charge on any atom is -0.494 e. The molecule has 0 bridgehead atoms. The van der Waals surface area contributed by atoms with Crippen molar-refractivity contribution in [2.45, 2.75) is 46.5 Å². The number of anilines is 1. The van der Waals surface area contributed by atoms with Crippen LogP contribution >= 0.6 is 0 Å². The number of ketones is 1. The fourth-order valence-corrected chi connectivity index (χ4v) is 2.89. The smallest absolute Gasteiger partial charge is 0.257 e. The molecule has 2 rings (SSSR count). The highest BCUT2D eigenvalue weighted by atomic mass is 16.5. The molecular formula is C21H26N2O5. The summed E-state index contributed by atoms with van der Waals surface area (Å²) in [6, 6.07) is 6.64. The molecule has 0 saturated heterocycles. The summed E-state index contributed by atoms with van der Waals surface area (Å²) in [5.41, 5.74) is 5.67. The second-order valence-electron chi connectivity index (χ2n) is 6.55. The van der Waals surface area contributed by atoms with Crippen molar-refractivity contribution in [3.8, 4) is 5.75 Å². The number of nitrogens with one attached hydrogen (secondary N) is 1. The van der Waals surface area contributed by atoms with E-state index in [0.29, 0.717) is 17.9 Å². The first-order valence-electron chi connectivity index (χ1n) is 9.33.